The third kappa shape index (κ3) is 2.84. The lowest BCUT2D eigenvalue weighted by molar-refractivity contribution is 0.590. The second-order valence-electron chi connectivity index (χ2n) is 5.45. The predicted molar refractivity (Wildman–Crippen MR) is 91.7 cm³/mol. The van der Waals surface area contributed by atoms with Gasteiger partial charge in [-0.2, -0.15) is 0 Å². The first-order chi connectivity index (χ1) is 11.0. The molecule has 0 N–H and O–H groups in total. The maximum absolute atomic E-state index is 12.8. The lowest BCUT2D eigenvalue weighted by atomic mass is 10.1. The van der Waals surface area contributed by atoms with Crippen molar-refractivity contribution >= 4 is 20.6 Å². The summed E-state index contributed by atoms with van der Waals surface area (Å²) in [6, 6.07) is 19.7. The van der Waals surface area contributed by atoms with Gasteiger partial charge in [0.25, 0.3) is 9.84 Å². The Labute approximate surface area is 135 Å². The fourth-order valence-electron chi connectivity index (χ4n) is 2.54. The van der Waals surface area contributed by atoms with Gasteiger partial charge in [-0.25, -0.2) is 15.0 Å². The van der Waals surface area contributed by atoms with Gasteiger partial charge < -0.3 is 0 Å². The van der Waals surface area contributed by atoms with E-state index in [4.69, 9.17) is 6.57 Å². The molecule has 0 radical (unpaired) electrons. The summed E-state index contributed by atoms with van der Waals surface area (Å²) in [6.07, 6.45) is 0. The number of sulfone groups is 1. The minimum atomic E-state index is -3.74. The highest BCUT2D eigenvalue weighted by Gasteiger charge is 2.34. The number of rotatable bonds is 3. The summed E-state index contributed by atoms with van der Waals surface area (Å²) in [6.45, 7) is 9.29. The largest absolute Gasteiger partial charge is 0.350 e. The number of nitrogens with zero attached hydrogens (tertiary/aromatic N) is 1. The summed E-state index contributed by atoms with van der Waals surface area (Å²) in [5.74, 6) is 0. The third-order valence-corrected chi connectivity index (χ3v) is 5.71. The van der Waals surface area contributed by atoms with Crippen LogP contribution in [-0.2, 0) is 9.84 Å². The fourth-order valence-corrected chi connectivity index (χ4v) is 3.96. The Kier molecular flexibility index (Phi) is 3.89. The molecule has 0 amide bonds. The molecule has 114 valence electrons. The predicted octanol–water partition coefficient (Wildman–Crippen LogP) is 4.54. The summed E-state index contributed by atoms with van der Waals surface area (Å²) in [7, 11) is -3.74. The van der Waals surface area contributed by atoms with Crippen molar-refractivity contribution in [3.63, 3.8) is 0 Å². The number of benzene rings is 3. The lowest BCUT2D eigenvalue weighted by Crippen LogP contribution is -2.10. The van der Waals surface area contributed by atoms with E-state index in [2.05, 4.69) is 4.85 Å². The van der Waals surface area contributed by atoms with Crippen LogP contribution in [0.2, 0.25) is 0 Å². The monoisotopic (exact) mass is 321 g/mol. The first kappa shape index (κ1) is 15.3. The third-order valence-electron chi connectivity index (χ3n) is 3.82. The topological polar surface area (TPSA) is 38.5 Å². The van der Waals surface area contributed by atoms with Crippen LogP contribution in [0.1, 0.15) is 16.5 Å². The van der Waals surface area contributed by atoms with Gasteiger partial charge in [-0.1, -0.05) is 48.0 Å². The van der Waals surface area contributed by atoms with Crippen LogP contribution in [0.3, 0.4) is 0 Å². The highest BCUT2D eigenvalue weighted by Crippen LogP contribution is 2.32. The standard InChI is InChI=1S/C19H15NO2S/c1-14-7-11-18(12-8-14)23(21,22)19(20-2)17-10-9-15-5-3-4-6-16(15)13-17/h3-13,19H,1H3/t19-/m0/s1. The quantitative estimate of drug-likeness (QED) is 0.664. The van der Waals surface area contributed by atoms with E-state index in [-0.39, 0.29) is 4.90 Å². The number of aryl methyl sites for hydroxylation is 1. The smallest absolute Gasteiger partial charge is 0.291 e. The Bertz CT molecular complexity index is 999. The van der Waals surface area contributed by atoms with Gasteiger partial charge in [-0.3, -0.25) is 4.85 Å². The highest BCUT2D eigenvalue weighted by molar-refractivity contribution is 7.91. The molecule has 3 rings (SSSR count). The zero-order valence-electron chi connectivity index (χ0n) is 12.6. The maximum Gasteiger partial charge on any atom is 0.350 e. The van der Waals surface area contributed by atoms with Gasteiger partial charge in [0.05, 0.1) is 10.5 Å². The molecule has 3 nitrogen and oxygen atoms in total. The van der Waals surface area contributed by atoms with E-state index in [0.29, 0.717) is 5.56 Å². The molecular formula is C19H15NO2S. The van der Waals surface area contributed by atoms with Crippen LogP contribution in [0.15, 0.2) is 71.6 Å². The fraction of sp³-hybridized carbons (Fsp3) is 0.105. The van der Waals surface area contributed by atoms with E-state index >= 15 is 0 Å². The summed E-state index contributed by atoms with van der Waals surface area (Å²) in [4.78, 5) is 3.58. The minimum absolute atomic E-state index is 0.178. The molecular weight excluding hydrogens is 306 g/mol. The lowest BCUT2D eigenvalue weighted by Gasteiger charge is -2.09. The first-order valence-corrected chi connectivity index (χ1v) is 8.73. The van der Waals surface area contributed by atoms with Gasteiger partial charge in [0.15, 0.2) is 0 Å². The van der Waals surface area contributed by atoms with Gasteiger partial charge in [-0.15, -0.1) is 0 Å². The molecule has 0 aliphatic carbocycles. The molecule has 23 heavy (non-hydrogen) atoms. The molecule has 0 aromatic heterocycles. The number of hydrogen-bond acceptors (Lipinski definition) is 2. The first-order valence-electron chi connectivity index (χ1n) is 7.18. The molecule has 0 aliphatic rings. The van der Waals surface area contributed by atoms with Gasteiger partial charge in [0.1, 0.15) is 0 Å². The summed E-state index contributed by atoms with van der Waals surface area (Å²) < 4.78 is 25.6. The van der Waals surface area contributed by atoms with Crippen LogP contribution in [0.25, 0.3) is 15.6 Å². The van der Waals surface area contributed by atoms with Gasteiger partial charge in [0, 0.05) is 0 Å². The van der Waals surface area contributed by atoms with Crippen LogP contribution in [0, 0.1) is 13.5 Å². The molecule has 0 aliphatic heterocycles. The Morgan fingerprint density at radius 3 is 2.22 bits per heavy atom. The normalized spacial score (nSPS) is 12.7. The molecule has 0 spiro atoms. The molecule has 3 aromatic carbocycles. The van der Waals surface area contributed by atoms with Crippen LogP contribution in [0.5, 0.6) is 0 Å². The molecule has 3 aromatic rings. The Morgan fingerprint density at radius 1 is 0.913 bits per heavy atom. The zero-order valence-corrected chi connectivity index (χ0v) is 13.4. The van der Waals surface area contributed by atoms with E-state index in [0.717, 1.165) is 16.3 Å². The summed E-state index contributed by atoms with van der Waals surface area (Å²) in [5.41, 5.74) is 1.48. The van der Waals surface area contributed by atoms with Crippen molar-refractivity contribution in [1.29, 1.82) is 0 Å². The Morgan fingerprint density at radius 2 is 1.57 bits per heavy atom. The van der Waals surface area contributed by atoms with Crippen molar-refractivity contribution in [2.45, 2.75) is 17.2 Å². The van der Waals surface area contributed by atoms with E-state index in [1.165, 1.54) is 0 Å². The Balaban J connectivity index is 2.10. The van der Waals surface area contributed by atoms with E-state index in [1.54, 1.807) is 36.4 Å². The average Bonchev–Trinajstić information content (AvgIpc) is 2.55. The average molecular weight is 321 g/mol. The molecule has 0 saturated heterocycles. The minimum Gasteiger partial charge on any atom is -0.291 e. The number of fused-ring (bicyclic) bond motifs is 1. The molecule has 0 bridgehead atoms. The van der Waals surface area contributed by atoms with Crippen molar-refractivity contribution in [3.8, 4) is 0 Å². The van der Waals surface area contributed by atoms with Gasteiger partial charge >= 0.3 is 5.37 Å². The van der Waals surface area contributed by atoms with E-state index in [9.17, 15) is 8.42 Å². The van der Waals surface area contributed by atoms with Crippen LogP contribution < -0.4 is 0 Å². The van der Waals surface area contributed by atoms with Crippen LogP contribution >= 0.6 is 0 Å². The molecule has 0 unspecified atom stereocenters. The number of hydrogen-bond donors (Lipinski definition) is 0. The second kappa shape index (κ2) is 5.86. The van der Waals surface area contributed by atoms with Crippen molar-refractivity contribution in [2.24, 2.45) is 0 Å². The molecule has 4 heteroatoms. The van der Waals surface area contributed by atoms with E-state index < -0.39 is 15.2 Å². The molecule has 1 atom stereocenters. The van der Waals surface area contributed by atoms with E-state index in [1.807, 2.05) is 37.3 Å². The molecule has 0 fully saturated rings. The van der Waals surface area contributed by atoms with Gasteiger partial charge in [-0.05, 0) is 42.0 Å². The highest BCUT2D eigenvalue weighted by atomic mass is 32.2. The Hall–Kier alpha value is -2.64. The second-order valence-corrected chi connectivity index (χ2v) is 7.45. The summed E-state index contributed by atoms with van der Waals surface area (Å²) in [5, 5.41) is 0.722. The van der Waals surface area contributed by atoms with Crippen molar-refractivity contribution in [1.82, 2.24) is 0 Å². The van der Waals surface area contributed by atoms with Crippen LogP contribution in [0.4, 0.5) is 0 Å². The maximum atomic E-state index is 12.8. The summed E-state index contributed by atoms with van der Waals surface area (Å²) >= 11 is 0. The van der Waals surface area contributed by atoms with Crippen molar-refractivity contribution in [2.75, 3.05) is 0 Å². The van der Waals surface area contributed by atoms with Crippen molar-refractivity contribution in [3.05, 3.63) is 89.3 Å². The molecule has 0 saturated carbocycles. The van der Waals surface area contributed by atoms with Crippen LogP contribution in [-0.4, -0.2) is 8.42 Å². The molecule has 0 heterocycles. The SMILES string of the molecule is [C-]#[N+][C@H](c1ccc2ccccc2c1)S(=O)(=O)c1ccc(C)cc1. The van der Waals surface area contributed by atoms with Gasteiger partial charge in [0.2, 0.25) is 0 Å². The van der Waals surface area contributed by atoms with Crippen molar-refractivity contribution < 1.29 is 8.42 Å². The zero-order chi connectivity index (χ0) is 16.4.